The van der Waals surface area contributed by atoms with Gasteiger partial charge in [-0.25, -0.2) is 0 Å². The highest BCUT2D eigenvalue weighted by Gasteiger charge is 2.28. The molecule has 2 heterocycles. The SMILES string of the molecule is Cc1cc(C)n(CC2CCN(C(=O)[C@H](O)c3ccccc3)CC2)n1. The Morgan fingerprint density at radius 1 is 1.25 bits per heavy atom. The van der Waals surface area contributed by atoms with Crippen LogP contribution in [0.2, 0.25) is 0 Å². The van der Waals surface area contributed by atoms with Crippen molar-refractivity contribution < 1.29 is 9.90 Å². The summed E-state index contributed by atoms with van der Waals surface area (Å²) in [4.78, 5) is 14.3. The van der Waals surface area contributed by atoms with Gasteiger partial charge in [0.05, 0.1) is 5.69 Å². The van der Waals surface area contributed by atoms with E-state index in [1.165, 1.54) is 5.69 Å². The third-order valence-corrected chi connectivity index (χ3v) is 4.81. The first-order chi connectivity index (χ1) is 11.5. The predicted molar refractivity (Wildman–Crippen MR) is 92.4 cm³/mol. The molecule has 1 N–H and O–H groups in total. The van der Waals surface area contributed by atoms with Crippen LogP contribution in [0.1, 0.15) is 35.9 Å². The molecule has 1 aromatic carbocycles. The number of hydrogen-bond donors (Lipinski definition) is 1. The molecule has 128 valence electrons. The van der Waals surface area contributed by atoms with Crippen LogP contribution < -0.4 is 0 Å². The number of hydrogen-bond acceptors (Lipinski definition) is 3. The lowest BCUT2D eigenvalue weighted by atomic mass is 9.96. The van der Waals surface area contributed by atoms with E-state index >= 15 is 0 Å². The zero-order valence-corrected chi connectivity index (χ0v) is 14.4. The van der Waals surface area contributed by atoms with Crippen molar-refractivity contribution in [2.45, 2.75) is 39.3 Å². The van der Waals surface area contributed by atoms with Gasteiger partial charge in [-0.15, -0.1) is 0 Å². The van der Waals surface area contributed by atoms with E-state index in [2.05, 4.69) is 22.8 Å². The summed E-state index contributed by atoms with van der Waals surface area (Å²) in [6, 6.07) is 11.2. The second-order valence-corrected chi connectivity index (χ2v) is 6.69. The number of carbonyl (C=O) groups is 1. The molecule has 1 aliphatic heterocycles. The van der Waals surface area contributed by atoms with Crippen LogP contribution in [0.5, 0.6) is 0 Å². The largest absolute Gasteiger partial charge is 0.378 e. The molecule has 0 spiro atoms. The molecule has 0 radical (unpaired) electrons. The minimum atomic E-state index is -1.06. The molecule has 0 saturated carbocycles. The van der Waals surface area contributed by atoms with Crippen LogP contribution in [0.15, 0.2) is 36.4 Å². The van der Waals surface area contributed by atoms with Crippen molar-refractivity contribution >= 4 is 5.91 Å². The molecule has 1 fully saturated rings. The fourth-order valence-electron chi connectivity index (χ4n) is 3.39. The molecular formula is C19H25N3O2. The van der Waals surface area contributed by atoms with Gasteiger partial charge >= 0.3 is 0 Å². The third kappa shape index (κ3) is 3.67. The van der Waals surface area contributed by atoms with E-state index in [1.54, 1.807) is 17.0 Å². The summed E-state index contributed by atoms with van der Waals surface area (Å²) in [5.74, 6) is 0.340. The lowest BCUT2D eigenvalue weighted by Crippen LogP contribution is -2.41. The van der Waals surface area contributed by atoms with Gasteiger partial charge in [0.1, 0.15) is 0 Å². The van der Waals surface area contributed by atoms with Gasteiger partial charge in [-0.2, -0.15) is 5.10 Å². The van der Waals surface area contributed by atoms with Crippen molar-refractivity contribution in [2.24, 2.45) is 5.92 Å². The topological polar surface area (TPSA) is 58.4 Å². The highest BCUT2D eigenvalue weighted by molar-refractivity contribution is 5.82. The standard InChI is InChI=1S/C19H25N3O2/c1-14-12-15(2)22(20-14)13-16-8-10-21(11-9-16)19(24)18(23)17-6-4-3-5-7-17/h3-7,12,16,18,23H,8-11,13H2,1-2H3/t18-/m1/s1. The molecule has 3 rings (SSSR count). The monoisotopic (exact) mass is 327 g/mol. The third-order valence-electron chi connectivity index (χ3n) is 4.81. The van der Waals surface area contributed by atoms with Gasteiger partial charge in [0.25, 0.3) is 5.91 Å². The normalized spacial score (nSPS) is 17.0. The minimum absolute atomic E-state index is 0.189. The Morgan fingerprint density at radius 2 is 1.92 bits per heavy atom. The van der Waals surface area contributed by atoms with Gasteiger partial charge in [0.2, 0.25) is 0 Å². The molecule has 24 heavy (non-hydrogen) atoms. The Labute approximate surface area is 142 Å². The Balaban J connectivity index is 1.55. The zero-order valence-electron chi connectivity index (χ0n) is 14.4. The molecule has 1 aliphatic rings. The van der Waals surface area contributed by atoms with E-state index in [0.29, 0.717) is 24.6 Å². The minimum Gasteiger partial charge on any atom is -0.378 e. The van der Waals surface area contributed by atoms with Gasteiger partial charge in [-0.3, -0.25) is 9.48 Å². The van der Waals surface area contributed by atoms with Gasteiger partial charge < -0.3 is 10.0 Å². The summed E-state index contributed by atoms with van der Waals surface area (Å²) in [6.07, 6.45) is 0.843. The van der Waals surface area contributed by atoms with Crippen molar-refractivity contribution in [1.29, 1.82) is 0 Å². The van der Waals surface area contributed by atoms with Crippen LogP contribution in [0.25, 0.3) is 0 Å². The summed E-state index contributed by atoms with van der Waals surface area (Å²) < 4.78 is 2.07. The number of likely N-dealkylation sites (tertiary alicyclic amines) is 1. The average molecular weight is 327 g/mol. The maximum atomic E-state index is 12.5. The highest BCUT2D eigenvalue weighted by atomic mass is 16.3. The van der Waals surface area contributed by atoms with E-state index in [0.717, 1.165) is 25.1 Å². The van der Waals surface area contributed by atoms with Crippen LogP contribution in [0, 0.1) is 19.8 Å². The number of nitrogens with zero attached hydrogens (tertiary/aromatic N) is 3. The van der Waals surface area contributed by atoms with Gasteiger partial charge in [-0.05, 0) is 44.2 Å². The van der Waals surface area contributed by atoms with Crippen molar-refractivity contribution in [2.75, 3.05) is 13.1 Å². The Bertz CT molecular complexity index is 688. The number of rotatable bonds is 4. The number of aryl methyl sites for hydroxylation is 2. The molecule has 5 nitrogen and oxygen atoms in total. The summed E-state index contributed by atoms with van der Waals surface area (Å²) in [5, 5.41) is 14.8. The Hall–Kier alpha value is -2.14. The number of aromatic nitrogens is 2. The van der Waals surface area contributed by atoms with E-state index in [4.69, 9.17) is 0 Å². The Kier molecular flexibility index (Phi) is 5.00. The van der Waals surface area contributed by atoms with E-state index in [1.807, 2.05) is 25.1 Å². The van der Waals surface area contributed by atoms with Crippen molar-refractivity contribution in [1.82, 2.24) is 14.7 Å². The number of benzene rings is 1. The second-order valence-electron chi connectivity index (χ2n) is 6.69. The summed E-state index contributed by atoms with van der Waals surface area (Å²) in [6.45, 7) is 6.40. The fourth-order valence-corrected chi connectivity index (χ4v) is 3.39. The maximum absolute atomic E-state index is 12.5. The Morgan fingerprint density at radius 3 is 2.50 bits per heavy atom. The highest BCUT2D eigenvalue weighted by Crippen LogP contribution is 2.23. The maximum Gasteiger partial charge on any atom is 0.256 e. The molecule has 1 saturated heterocycles. The van der Waals surface area contributed by atoms with E-state index < -0.39 is 6.10 Å². The van der Waals surface area contributed by atoms with Gasteiger partial charge in [-0.1, -0.05) is 30.3 Å². The number of aliphatic hydroxyl groups excluding tert-OH is 1. The summed E-state index contributed by atoms with van der Waals surface area (Å²) >= 11 is 0. The number of amides is 1. The molecule has 0 bridgehead atoms. The van der Waals surface area contributed by atoms with Gasteiger partial charge in [0, 0.05) is 25.3 Å². The lowest BCUT2D eigenvalue weighted by Gasteiger charge is -2.33. The number of aliphatic hydroxyl groups is 1. The molecule has 1 atom stereocenters. The van der Waals surface area contributed by atoms with Crippen molar-refractivity contribution in [3.63, 3.8) is 0 Å². The smallest absolute Gasteiger partial charge is 0.256 e. The van der Waals surface area contributed by atoms with Crippen LogP contribution >= 0.6 is 0 Å². The first kappa shape index (κ1) is 16.7. The van der Waals surface area contributed by atoms with Crippen LogP contribution in [-0.4, -0.2) is 38.8 Å². The first-order valence-corrected chi connectivity index (χ1v) is 8.57. The van der Waals surface area contributed by atoms with Crippen LogP contribution in [-0.2, 0) is 11.3 Å². The van der Waals surface area contributed by atoms with E-state index in [9.17, 15) is 9.90 Å². The molecule has 0 unspecified atom stereocenters. The van der Waals surface area contributed by atoms with Crippen LogP contribution in [0.3, 0.4) is 0 Å². The van der Waals surface area contributed by atoms with Crippen LogP contribution in [0.4, 0.5) is 0 Å². The first-order valence-electron chi connectivity index (χ1n) is 8.57. The lowest BCUT2D eigenvalue weighted by molar-refractivity contribution is -0.142. The molecule has 2 aromatic rings. The average Bonchev–Trinajstić information content (AvgIpc) is 2.92. The van der Waals surface area contributed by atoms with Gasteiger partial charge in [0.15, 0.2) is 6.10 Å². The number of piperidine rings is 1. The predicted octanol–water partition coefficient (Wildman–Crippen LogP) is 2.47. The quantitative estimate of drug-likeness (QED) is 0.938. The molecule has 1 amide bonds. The molecule has 0 aliphatic carbocycles. The van der Waals surface area contributed by atoms with Crippen molar-refractivity contribution in [3.05, 3.63) is 53.3 Å². The number of carbonyl (C=O) groups excluding carboxylic acids is 1. The molecule has 5 heteroatoms. The van der Waals surface area contributed by atoms with E-state index in [-0.39, 0.29) is 5.91 Å². The fraction of sp³-hybridized carbons (Fsp3) is 0.474. The summed E-state index contributed by atoms with van der Waals surface area (Å²) in [7, 11) is 0. The molecule has 1 aromatic heterocycles. The molecular weight excluding hydrogens is 302 g/mol. The second kappa shape index (κ2) is 7.18. The zero-order chi connectivity index (χ0) is 17.1. The summed E-state index contributed by atoms with van der Waals surface area (Å²) in [5.41, 5.74) is 2.89. The van der Waals surface area contributed by atoms with Crippen molar-refractivity contribution in [3.8, 4) is 0 Å².